The van der Waals surface area contributed by atoms with E-state index in [-0.39, 0.29) is 12.1 Å². The molecule has 118 valence electrons. The van der Waals surface area contributed by atoms with Gasteiger partial charge in [0.1, 0.15) is 6.10 Å². The summed E-state index contributed by atoms with van der Waals surface area (Å²) in [6.45, 7) is 8.65. The molecule has 22 heavy (non-hydrogen) atoms. The van der Waals surface area contributed by atoms with Crippen LogP contribution in [0.4, 0.5) is 5.95 Å². The van der Waals surface area contributed by atoms with Crippen molar-refractivity contribution >= 4 is 5.95 Å². The number of anilines is 1. The van der Waals surface area contributed by atoms with Gasteiger partial charge >= 0.3 is 0 Å². The molecule has 0 aromatic carbocycles. The average molecular weight is 302 g/mol. The molecule has 0 aliphatic carbocycles. The van der Waals surface area contributed by atoms with E-state index >= 15 is 0 Å². The Morgan fingerprint density at radius 1 is 1.09 bits per heavy atom. The third kappa shape index (κ3) is 2.56. The van der Waals surface area contributed by atoms with E-state index in [1.807, 2.05) is 32.5 Å². The predicted octanol–water partition coefficient (Wildman–Crippen LogP) is 1.78. The van der Waals surface area contributed by atoms with E-state index in [2.05, 4.69) is 32.5 Å². The smallest absolute Gasteiger partial charge is 0.243 e. The summed E-state index contributed by atoms with van der Waals surface area (Å²) in [5.41, 5.74) is 5.05. The van der Waals surface area contributed by atoms with Crippen LogP contribution in [-0.2, 0) is 11.8 Å². The van der Waals surface area contributed by atoms with Crippen LogP contribution in [0.1, 0.15) is 40.9 Å². The number of ether oxygens (including phenoxy) is 1. The number of aromatic nitrogens is 5. The topological polar surface area (TPSA) is 77.8 Å². The lowest BCUT2D eigenvalue weighted by Crippen LogP contribution is -2.25. The molecule has 3 rings (SSSR count). The van der Waals surface area contributed by atoms with Crippen LogP contribution in [-0.4, -0.2) is 37.6 Å². The van der Waals surface area contributed by atoms with Crippen LogP contribution >= 0.6 is 0 Å². The highest BCUT2D eigenvalue weighted by atomic mass is 16.5. The summed E-state index contributed by atoms with van der Waals surface area (Å²) in [7, 11) is 1.96. The molecular weight excluding hydrogens is 280 g/mol. The number of hydrogen-bond donors (Lipinski definition) is 1. The number of nitrogens with one attached hydrogen (secondary N) is 1. The molecule has 0 bridgehead atoms. The summed E-state index contributed by atoms with van der Waals surface area (Å²) in [4.78, 5) is 4.45. The third-order valence-corrected chi connectivity index (χ3v) is 4.35. The van der Waals surface area contributed by atoms with Crippen molar-refractivity contribution in [1.82, 2.24) is 25.0 Å². The Hall–Kier alpha value is -2.02. The van der Waals surface area contributed by atoms with E-state index in [1.54, 1.807) is 0 Å². The highest BCUT2D eigenvalue weighted by molar-refractivity contribution is 5.34. The van der Waals surface area contributed by atoms with Gasteiger partial charge in [0.2, 0.25) is 5.95 Å². The third-order valence-electron chi connectivity index (χ3n) is 4.35. The van der Waals surface area contributed by atoms with Gasteiger partial charge in [-0.15, -0.1) is 5.10 Å². The second-order valence-electron chi connectivity index (χ2n) is 5.85. The molecule has 1 saturated heterocycles. The first kappa shape index (κ1) is 14.9. The van der Waals surface area contributed by atoms with E-state index in [0.29, 0.717) is 12.6 Å². The predicted molar refractivity (Wildman–Crippen MR) is 82.7 cm³/mol. The largest absolute Gasteiger partial charge is 0.371 e. The first-order chi connectivity index (χ1) is 10.5. The monoisotopic (exact) mass is 302 g/mol. The zero-order chi connectivity index (χ0) is 15.9. The Morgan fingerprint density at radius 2 is 1.86 bits per heavy atom. The molecule has 0 radical (unpaired) electrons. The van der Waals surface area contributed by atoms with E-state index in [9.17, 15) is 0 Å². The first-order valence-corrected chi connectivity index (χ1v) is 7.53. The highest BCUT2D eigenvalue weighted by Gasteiger charge is 2.34. The Bertz CT molecular complexity index is 696. The molecule has 3 heterocycles. The van der Waals surface area contributed by atoms with Gasteiger partial charge in [0, 0.05) is 24.9 Å². The van der Waals surface area contributed by atoms with Crippen molar-refractivity contribution in [3.63, 3.8) is 0 Å². The Balaban J connectivity index is 1.85. The van der Waals surface area contributed by atoms with Gasteiger partial charge in [-0.3, -0.25) is 4.68 Å². The molecular formula is C15H22N6O. The first-order valence-electron chi connectivity index (χ1n) is 7.53. The molecule has 2 atom stereocenters. The average Bonchev–Trinajstić information content (AvgIpc) is 3.00. The van der Waals surface area contributed by atoms with Gasteiger partial charge in [-0.1, -0.05) is 0 Å². The van der Waals surface area contributed by atoms with Crippen molar-refractivity contribution < 1.29 is 4.74 Å². The minimum atomic E-state index is -0.0288. The molecule has 0 saturated carbocycles. The van der Waals surface area contributed by atoms with Crippen molar-refractivity contribution in [1.29, 1.82) is 0 Å². The Morgan fingerprint density at radius 3 is 2.50 bits per heavy atom. The van der Waals surface area contributed by atoms with Crippen LogP contribution in [0.5, 0.6) is 0 Å². The van der Waals surface area contributed by atoms with Crippen molar-refractivity contribution in [3.8, 4) is 0 Å². The summed E-state index contributed by atoms with van der Waals surface area (Å²) >= 11 is 0. The van der Waals surface area contributed by atoms with Gasteiger partial charge in [-0.2, -0.15) is 10.2 Å². The number of hydrogen-bond acceptors (Lipinski definition) is 6. The zero-order valence-corrected chi connectivity index (χ0v) is 13.7. The van der Waals surface area contributed by atoms with Gasteiger partial charge in [0.15, 0.2) is 0 Å². The molecule has 1 N–H and O–H groups in total. The van der Waals surface area contributed by atoms with Gasteiger partial charge in [0.25, 0.3) is 0 Å². The Kier molecular flexibility index (Phi) is 3.82. The molecule has 2 aromatic rings. The molecule has 2 aromatic heterocycles. The maximum atomic E-state index is 5.96. The van der Waals surface area contributed by atoms with E-state index < -0.39 is 0 Å². The zero-order valence-electron chi connectivity index (χ0n) is 13.7. The maximum Gasteiger partial charge on any atom is 0.243 e. The summed E-state index contributed by atoms with van der Waals surface area (Å²) in [6, 6.07) is 0.130. The summed E-state index contributed by atoms with van der Waals surface area (Å²) in [5.74, 6) is 0.558. The number of nitrogens with zero attached hydrogens (tertiary/aromatic N) is 5. The van der Waals surface area contributed by atoms with Gasteiger partial charge in [0.05, 0.1) is 23.1 Å². The van der Waals surface area contributed by atoms with Crippen molar-refractivity contribution in [2.45, 2.75) is 46.3 Å². The normalized spacial score (nSPS) is 21.3. The minimum absolute atomic E-state index is 0.0288. The maximum absolute atomic E-state index is 5.96. The molecule has 1 fully saturated rings. The van der Waals surface area contributed by atoms with Crippen LogP contribution in [0.25, 0.3) is 0 Å². The van der Waals surface area contributed by atoms with Gasteiger partial charge in [-0.05, 0) is 34.1 Å². The summed E-state index contributed by atoms with van der Waals surface area (Å²) in [6.07, 6.45) is 0.883. The summed E-state index contributed by atoms with van der Waals surface area (Å²) in [5, 5.41) is 16.1. The van der Waals surface area contributed by atoms with Gasteiger partial charge in [-0.25, -0.2) is 4.98 Å². The lowest BCUT2D eigenvalue weighted by atomic mass is 10.0. The molecule has 1 aliphatic heterocycles. The van der Waals surface area contributed by atoms with Crippen LogP contribution < -0.4 is 5.32 Å². The molecule has 0 unspecified atom stereocenters. The van der Waals surface area contributed by atoms with Crippen LogP contribution in [0.2, 0.25) is 0 Å². The Labute approximate surface area is 130 Å². The van der Waals surface area contributed by atoms with Crippen molar-refractivity contribution in [3.05, 3.63) is 28.3 Å². The highest BCUT2D eigenvalue weighted by Crippen LogP contribution is 2.34. The lowest BCUT2D eigenvalue weighted by Gasteiger charge is -2.20. The quantitative estimate of drug-likeness (QED) is 0.931. The SMILES string of the molecule is Cc1nnc(N[C@@H]2CCO[C@H]2c2c(C)nn(C)c2C)nc1C. The van der Waals surface area contributed by atoms with Crippen molar-refractivity contribution in [2.75, 3.05) is 11.9 Å². The van der Waals surface area contributed by atoms with E-state index in [4.69, 9.17) is 4.74 Å². The van der Waals surface area contributed by atoms with Crippen molar-refractivity contribution in [2.24, 2.45) is 7.05 Å². The number of aryl methyl sites for hydroxylation is 4. The van der Waals surface area contributed by atoms with E-state index in [0.717, 1.165) is 34.8 Å². The minimum Gasteiger partial charge on any atom is -0.371 e. The fourth-order valence-electron chi connectivity index (χ4n) is 2.91. The van der Waals surface area contributed by atoms with E-state index in [1.165, 1.54) is 0 Å². The molecule has 0 spiro atoms. The molecule has 1 aliphatic rings. The number of rotatable bonds is 3. The van der Waals surface area contributed by atoms with Crippen LogP contribution in [0, 0.1) is 27.7 Å². The fourth-order valence-corrected chi connectivity index (χ4v) is 2.91. The van der Waals surface area contributed by atoms with Crippen LogP contribution in [0.3, 0.4) is 0 Å². The second kappa shape index (κ2) is 5.64. The fraction of sp³-hybridized carbons (Fsp3) is 0.600. The van der Waals surface area contributed by atoms with Crippen LogP contribution in [0.15, 0.2) is 0 Å². The molecule has 7 heteroatoms. The lowest BCUT2D eigenvalue weighted by molar-refractivity contribution is 0.106. The molecule has 7 nitrogen and oxygen atoms in total. The van der Waals surface area contributed by atoms with Gasteiger partial charge < -0.3 is 10.1 Å². The standard InChI is InChI=1S/C15H22N6O/c1-8-9(2)18-19-15(16-8)17-12-6-7-22-14(12)13-10(3)20-21(5)11(13)4/h12,14H,6-7H2,1-5H3,(H,16,17,19)/t12-,14-/m1/s1. The summed E-state index contributed by atoms with van der Waals surface area (Å²) < 4.78 is 7.86. The molecule has 0 amide bonds. The second-order valence-corrected chi connectivity index (χ2v) is 5.85.